The van der Waals surface area contributed by atoms with Crippen LogP contribution in [0.25, 0.3) is 0 Å². The Labute approximate surface area is 183 Å². The molecule has 2 amide bonds. The van der Waals surface area contributed by atoms with Crippen LogP contribution in [0.5, 0.6) is 11.5 Å². The van der Waals surface area contributed by atoms with Gasteiger partial charge < -0.3 is 19.3 Å². The Morgan fingerprint density at radius 3 is 2.45 bits per heavy atom. The van der Waals surface area contributed by atoms with E-state index in [-0.39, 0.29) is 18.4 Å². The fourth-order valence-corrected chi connectivity index (χ4v) is 4.57. The van der Waals surface area contributed by atoms with E-state index in [1.807, 2.05) is 64.4 Å². The predicted molar refractivity (Wildman–Crippen MR) is 118 cm³/mol. The molecule has 2 fully saturated rings. The fourth-order valence-electron chi connectivity index (χ4n) is 4.57. The monoisotopic (exact) mass is 422 g/mol. The van der Waals surface area contributed by atoms with Crippen LogP contribution in [0.4, 0.5) is 0 Å². The summed E-state index contributed by atoms with van der Waals surface area (Å²) in [5.74, 6) is 2.48. The molecule has 2 aliphatic rings. The van der Waals surface area contributed by atoms with Gasteiger partial charge >= 0.3 is 0 Å². The van der Waals surface area contributed by atoms with Crippen LogP contribution in [-0.4, -0.2) is 55.0 Å². The zero-order chi connectivity index (χ0) is 21.6. The highest BCUT2D eigenvalue weighted by Gasteiger charge is 2.36. The summed E-state index contributed by atoms with van der Waals surface area (Å²) < 4.78 is 10.9. The van der Waals surface area contributed by atoms with E-state index in [4.69, 9.17) is 9.47 Å². The van der Waals surface area contributed by atoms with Gasteiger partial charge in [-0.25, -0.2) is 0 Å². The molecule has 0 unspecified atom stereocenters. The molecule has 6 nitrogen and oxygen atoms in total. The van der Waals surface area contributed by atoms with Gasteiger partial charge in [-0.2, -0.15) is 0 Å². The molecule has 6 heteroatoms. The molecule has 2 saturated heterocycles. The number of carbonyl (C=O) groups is 2. The van der Waals surface area contributed by atoms with Crippen molar-refractivity contribution in [1.82, 2.24) is 9.80 Å². The molecule has 164 valence electrons. The molecule has 2 aromatic rings. The van der Waals surface area contributed by atoms with Crippen LogP contribution in [0.1, 0.15) is 24.8 Å². The second-order valence-corrected chi connectivity index (χ2v) is 8.41. The highest BCUT2D eigenvalue weighted by atomic mass is 16.5. The number of likely N-dealkylation sites (tertiary alicyclic amines) is 2. The maximum atomic E-state index is 12.9. The van der Waals surface area contributed by atoms with E-state index < -0.39 is 0 Å². The van der Waals surface area contributed by atoms with Gasteiger partial charge in [0.25, 0.3) is 5.91 Å². The quantitative estimate of drug-likeness (QED) is 0.716. The number of benzene rings is 2. The molecule has 2 aromatic carbocycles. The molecule has 2 atom stereocenters. The van der Waals surface area contributed by atoms with Gasteiger partial charge in [-0.1, -0.05) is 30.3 Å². The van der Waals surface area contributed by atoms with Gasteiger partial charge in [0, 0.05) is 32.6 Å². The van der Waals surface area contributed by atoms with Crippen molar-refractivity contribution in [2.75, 3.05) is 33.4 Å². The lowest BCUT2D eigenvalue weighted by Crippen LogP contribution is -2.45. The topological polar surface area (TPSA) is 59.1 Å². The second kappa shape index (κ2) is 9.86. The van der Waals surface area contributed by atoms with Gasteiger partial charge in [0.05, 0.1) is 7.11 Å². The van der Waals surface area contributed by atoms with E-state index in [0.717, 1.165) is 30.7 Å². The minimum absolute atomic E-state index is 0.0213. The van der Waals surface area contributed by atoms with E-state index in [0.29, 0.717) is 43.6 Å². The number of piperidine rings is 1. The summed E-state index contributed by atoms with van der Waals surface area (Å²) in [6, 6.07) is 17.3. The minimum Gasteiger partial charge on any atom is -0.497 e. The number of methoxy groups -OCH3 is 1. The van der Waals surface area contributed by atoms with Crippen molar-refractivity contribution in [3.63, 3.8) is 0 Å². The standard InChI is InChI=1S/C25H30N2O4/c1-30-22-9-7-19(8-10-22)16-26-14-12-21-17-27(13-11-20(21)15-24(26)28)25(29)18-31-23-5-3-2-4-6-23/h2-10,20-21H,11-18H2,1H3/t20-,21+/m0/s1. The lowest BCUT2D eigenvalue weighted by atomic mass is 9.82. The normalized spacial score (nSPS) is 21.3. The molecule has 0 aromatic heterocycles. The molecular formula is C25H30N2O4. The van der Waals surface area contributed by atoms with Crippen LogP contribution in [0.2, 0.25) is 0 Å². The Kier molecular flexibility index (Phi) is 6.75. The first-order valence-electron chi connectivity index (χ1n) is 11.0. The van der Waals surface area contributed by atoms with E-state index in [1.165, 1.54) is 0 Å². The van der Waals surface area contributed by atoms with Gasteiger partial charge in [-0.3, -0.25) is 9.59 Å². The lowest BCUT2D eigenvalue weighted by molar-refractivity contribution is -0.136. The summed E-state index contributed by atoms with van der Waals surface area (Å²) in [7, 11) is 1.65. The van der Waals surface area contributed by atoms with E-state index in [1.54, 1.807) is 7.11 Å². The Bertz CT molecular complexity index is 884. The van der Waals surface area contributed by atoms with Gasteiger partial charge in [0.2, 0.25) is 5.91 Å². The maximum absolute atomic E-state index is 12.9. The van der Waals surface area contributed by atoms with Crippen molar-refractivity contribution < 1.29 is 19.1 Å². The van der Waals surface area contributed by atoms with Crippen LogP contribution in [0.15, 0.2) is 54.6 Å². The van der Waals surface area contributed by atoms with Gasteiger partial charge in [-0.15, -0.1) is 0 Å². The molecule has 0 saturated carbocycles. The van der Waals surface area contributed by atoms with Crippen molar-refractivity contribution in [2.45, 2.75) is 25.8 Å². The number of hydrogen-bond acceptors (Lipinski definition) is 4. The zero-order valence-electron chi connectivity index (χ0n) is 18.0. The van der Waals surface area contributed by atoms with Crippen LogP contribution >= 0.6 is 0 Å². The van der Waals surface area contributed by atoms with Crippen molar-refractivity contribution in [3.8, 4) is 11.5 Å². The SMILES string of the molecule is COc1ccc(CN2CC[C@@H]3CN(C(=O)COc4ccccc4)CC[C@H]3CC2=O)cc1. The Morgan fingerprint density at radius 2 is 1.71 bits per heavy atom. The zero-order valence-corrected chi connectivity index (χ0v) is 18.0. The highest BCUT2D eigenvalue weighted by molar-refractivity contribution is 5.78. The molecule has 2 heterocycles. The molecule has 0 aliphatic carbocycles. The first-order valence-corrected chi connectivity index (χ1v) is 11.0. The molecule has 0 spiro atoms. The molecule has 0 bridgehead atoms. The third kappa shape index (κ3) is 5.37. The van der Waals surface area contributed by atoms with Crippen molar-refractivity contribution >= 4 is 11.8 Å². The molecule has 2 aliphatic heterocycles. The van der Waals surface area contributed by atoms with Crippen molar-refractivity contribution in [1.29, 1.82) is 0 Å². The summed E-state index contributed by atoms with van der Waals surface area (Å²) in [5.41, 5.74) is 1.11. The Balaban J connectivity index is 1.31. The van der Waals surface area contributed by atoms with Crippen molar-refractivity contribution in [3.05, 3.63) is 60.2 Å². The number of amides is 2. The fraction of sp³-hybridized carbons (Fsp3) is 0.440. The third-order valence-electron chi connectivity index (χ3n) is 6.44. The minimum atomic E-state index is 0.0213. The third-order valence-corrected chi connectivity index (χ3v) is 6.44. The number of hydrogen-bond donors (Lipinski definition) is 0. The van der Waals surface area contributed by atoms with E-state index in [2.05, 4.69) is 0 Å². The van der Waals surface area contributed by atoms with Crippen LogP contribution < -0.4 is 9.47 Å². The Hall–Kier alpha value is -3.02. The first-order chi connectivity index (χ1) is 15.1. The average molecular weight is 423 g/mol. The average Bonchev–Trinajstić information content (AvgIpc) is 2.96. The number of para-hydroxylation sites is 1. The van der Waals surface area contributed by atoms with Crippen LogP contribution in [0, 0.1) is 11.8 Å². The summed E-state index contributed by atoms with van der Waals surface area (Å²) in [6.07, 6.45) is 2.38. The summed E-state index contributed by atoms with van der Waals surface area (Å²) in [5, 5.41) is 0. The predicted octanol–water partition coefficient (Wildman–Crippen LogP) is 3.36. The van der Waals surface area contributed by atoms with Crippen LogP contribution in [-0.2, 0) is 16.1 Å². The van der Waals surface area contributed by atoms with Gasteiger partial charge in [0.1, 0.15) is 11.5 Å². The summed E-state index contributed by atoms with van der Waals surface area (Å²) in [4.78, 5) is 29.4. The molecule has 31 heavy (non-hydrogen) atoms. The number of ether oxygens (including phenoxy) is 2. The largest absolute Gasteiger partial charge is 0.497 e. The summed E-state index contributed by atoms with van der Waals surface area (Å²) in [6.45, 7) is 2.82. The van der Waals surface area contributed by atoms with Crippen molar-refractivity contribution in [2.24, 2.45) is 11.8 Å². The van der Waals surface area contributed by atoms with Gasteiger partial charge in [0.15, 0.2) is 6.61 Å². The van der Waals surface area contributed by atoms with E-state index in [9.17, 15) is 9.59 Å². The lowest BCUT2D eigenvalue weighted by Gasteiger charge is -2.37. The number of fused-ring (bicyclic) bond motifs is 1. The number of nitrogens with zero attached hydrogens (tertiary/aromatic N) is 2. The summed E-state index contributed by atoms with van der Waals surface area (Å²) >= 11 is 0. The molecule has 0 radical (unpaired) electrons. The molecule has 0 N–H and O–H groups in total. The second-order valence-electron chi connectivity index (χ2n) is 8.41. The highest BCUT2D eigenvalue weighted by Crippen LogP contribution is 2.33. The number of carbonyl (C=O) groups excluding carboxylic acids is 2. The maximum Gasteiger partial charge on any atom is 0.260 e. The first kappa shape index (κ1) is 21.2. The molecule has 4 rings (SSSR count). The smallest absolute Gasteiger partial charge is 0.260 e. The van der Waals surface area contributed by atoms with Crippen LogP contribution in [0.3, 0.4) is 0 Å². The van der Waals surface area contributed by atoms with E-state index >= 15 is 0 Å². The Morgan fingerprint density at radius 1 is 0.968 bits per heavy atom. The number of rotatable bonds is 6. The van der Waals surface area contributed by atoms with Gasteiger partial charge in [-0.05, 0) is 54.5 Å². The molecular weight excluding hydrogens is 392 g/mol.